The molecule has 0 saturated heterocycles. The highest BCUT2D eigenvalue weighted by Gasteiger charge is 2.25. The van der Waals surface area contributed by atoms with Crippen molar-refractivity contribution >= 4 is 11.8 Å². The number of para-hydroxylation sites is 1. The van der Waals surface area contributed by atoms with E-state index in [1.165, 1.54) is 35.1 Å². The summed E-state index contributed by atoms with van der Waals surface area (Å²) < 4.78 is 5.39. The summed E-state index contributed by atoms with van der Waals surface area (Å²) in [5, 5.41) is 3.03. The average molecular weight is 293 g/mol. The minimum atomic E-state index is -0.388. The van der Waals surface area contributed by atoms with Crippen molar-refractivity contribution in [3.63, 3.8) is 0 Å². The first-order chi connectivity index (χ1) is 10.8. The SMILES string of the molecule is O=C(Nc1c2c(cc3c1CCC3)CCC2)Oc1ccccc1. The van der Waals surface area contributed by atoms with Crippen molar-refractivity contribution in [3.8, 4) is 5.75 Å². The summed E-state index contributed by atoms with van der Waals surface area (Å²) in [6.07, 6.45) is 6.35. The Morgan fingerprint density at radius 1 is 0.909 bits per heavy atom. The molecule has 3 heteroatoms. The Morgan fingerprint density at radius 2 is 1.55 bits per heavy atom. The van der Waals surface area contributed by atoms with Gasteiger partial charge >= 0.3 is 6.09 Å². The van der Waals surface area contributed by atoms with Crippen molar-refractivity contribution in [2.75, 3.05) is 5.32 Å². The maximum Gasteiger partial charge on any atom is 0.417 e. The van der Waals surface area contributed by atoms with Gasteiger partial charge in [0.15, 0.2) is 0 Å². The van der Waals surface area contributed by atoms with Crippen LogP contribution in [0.15, 0.2) is 36.4 Å². The Hall–Kier alpha value is -2.29. The number of ether oxygens (including phenoxy) is 1. The summed E-state index contributed by atoms with van der Waals surface area (Å²) in [4.78, 5) is 12.2. The molecule has 112 valence electrons. The van der Waals surface area contributed by atoms with E-state index < -0.39 is 0 Å². The fraction of sp³-hybridized carbons (Fsp3) is 0.316. The number of hydrogen-bond acceptors (Lipinski definition) is 2. The van der Waals surface area contributed by atoms with E-state index in [9.17, 15) is 4.79 Å². The van der Waals surface area contributed by atoms with Crippen LogP contribution in [0.2, 0.25) is 0 Å². The second kappa shape index (κ2) is 5.48. The summed E-state index contributed by atoms with van der Waals surface area (Å²) >= 11 is 0. The number of carbonyl (C=O) groups excluding carboxylic acids is 1. The van der Waals surface area contributed by atoms with Crippen molar-refractivity contribution in [1.29, 1.82) is 0 Å². The zero-order chi connectivity index (χ0) is 14.9. The number of rotatable bonds is 2. The van der Waals surface area contributed by atoms with Crippen LogP contribution in [0.1, 0.15) is 35.1 Å². The molecule has 22 heavy (non-hydrogen) atoms. The van der Waals surface area contributed by atoms with E-state index in [1.807, 2.05) is 18.2 Å². The third-order valence-corrected chi connectivity index (χ3v) is 4.65. The van der Waals surface area contributed by atoms with E-state index >= 15 is 0 Å². The van der Waals surface area contributed by atoms with Crippen LogP contribution in [0.5, 0.6) is 5.75 Å². The lowest BCUT2D eigenvalue weighted by Crippen LogP contribution is -2.19. The van der Waals surface area contributed by atoms with Crippen molar-refractivity contribution in [2.24, 2.45) is 0 Å². The largest absolute Gasteiger partial charge is 0.417 e. The van der Waals surface area contributed by atoms with Gasteiger partial charge in [-0.05, 0) is 72.9 Å². The molecule has 2 aromatic rings. The fourth-order valence-corrected chi connectivity index (χ4v) is 3.69. The number of fused-ring (bicyclic) bond motifs is 2. The highest BCUT2D eigenvalue weighted by atomic mass is 16.6. The molecule has 1 N–H and O–H groups in total. The fourth-order valence-electron chi connectivity index (χ4n) is 3.69. The number of benzene rings is 2. The number of anilines is 1. The summed E-state index contributed by atoms with van der Waals surface area (Å²) in [5.74, 6) is 0.573. The Bertz CT molecular complexity index is 690. The van der Waals surface area contributed by atoms with Gasteiger partial charge in [0.05, 0.1) is 5.69 Å². The number of hydrogen-bond donors (Lipinski definition) is 1. The minimum absolute atomic E-state index is 0.388. The summed E-state index contributed by atoms with van der Waals surface area (Å²) in [5.41, 5.74) is 6.51. The van der Waals surface area contributed by atoms with E-state index in [0.717, 1.165) is 31.4 Å². The van der Waals surface area contributed by atoms with E-state index in [-0.39, 0.29) is 6.09 Å². The minimum Gasteiger partial charge on any atom is -0.410 e. The molecule has 0 atom stereocenters. The zero-order valence-corrected chi connectivity index (χ0v) is 12.5. The van der Waals surface area contributed by atoms with Crippen LogP contribution in [-0.2, 0) is 25.7 Å². The third kappa shape index (κ3) is 2.37. The first-order valence-electron chi connectivity index (χ1n) is 8.01. The number of amides is 1. The van der Waals surface area contributed by atoms with E-state index in [0.29, 0.717) is 5.75 Å². The van der Waals surface area contributed by atoms with Gasteiger partial charge in [-0.25, -0.2) is 4.79 Å². The molecule has 0 unspecified atom stereocenters. The molecule has 1 amide bonds. The second-order valence-corrected chi connectivity index (χ2v) is 6.06. The van der Waals surface area contributed by atoms with Crippen LogP contribution in [0.3, 0.4) is 0 Å². The van der Waals surface area contributed by atoms with Crippen LogP contribution in [-0.4, -0.2) is 6.09 Å². The van der Waals surface area contributed by atoms with Gasteiger partial charge in [0.25, 0.3) is 0 Å². The number of aryl methyl sites for hydroxylation is 2. The molecule has 0 saturated carbocycles. The van der Waals surface area contributed by atoms with Gasteiger partial charge in [0, 0.05) is 0 Å². The van der Waals surface area contributed by atoms with Crippen molar-refractivity contribution in [1.82, 2.24) is 0 Å². The van der Waals surface area contributed by atoms with Crippen molar-refractivity contribution < 1.29 is 9.53 Å². The molecule has 0 radical (unpaired) electrons. The van der Waals surface area contributed by atoms with Crippen molar-refractivity contribution in [3.05, 3.63) is 58.7 Å². The van der Waals surface area contributed by atoms with Crippen LogP contribution < -0.4 is 10.1 Å². The summed E-state index contributed by atoms with van der Waals surface area (Å²) in [6.45, 7) is 0. The van der Waals surface area contributed by atoms with Gasteiger partial charge in [0.2, 0.25) is 0 Å². The third-order valence-electron chi connectivity index (χ3n) is 4.65. The normalized spacial score (nSPS) is 15.3. The zero-order valence-electron chi connectivity index (χ0n) is 12.5. The average Bonchev–Trinajstić information content (AvgIpc) is 3.16. The molecule has 2 aromatic carbocycles. The van der Waals surface area contributed by atoms with Gasteiger partial charge in [-0.2, -0.15) is 0 Å². The molecule has 0 heterocycles. The van der Waals surface area contributed by atoms with Crippen LogP contribution in [0.4, 0.5) is 10.5 Å². The second-order valence-electron chi connectivity index (χ2n) is 6.06. The van der Waals surface area contributed by atoms with Gasteiger partial charge in [0.1, 0.15) is 5.75 Å². The van der Waals surface area contributed by atoms with Gasteiger partial charge in [-0.15, -0.1) is 0 Å². The Labute approximate surface area is 130 Å². The summed E-state index contributed by atoms with van der Waals surface area (Å²) in [7, 11) is 0. The molecule has 2 aliphatic rings. The number of nitrogens with one attached hydrogen (secondary N) is 1. The molecule has 0 bridgehead atoms. The number of carbonyl (C=O) groups is 1. The lowest BCUT2D eigenvalue weighted by molar-refractivity contribution is 0.215. The van der Waals surface area contributed by atoms with Gasteiger partial charge < -0.3 is 4.74 Å². The Balaban J connectivity index is 1.62. The predicted octanol–water partition coefficient (Wildman–Crippen LogP) is 4.27. The molecule has 0 fully saturated rings. The topological polar surface area (TPSA) is 38.3 Å². The molecule has 2 aliphatic carbocycles. The van der Waals surface area contributed by atoms with Gasteiger partial charge in [-0.3, -0.25) is 5.32 Å². The van der Waals surface area contributed by atoms with Crippen LogP contribution in [0.25, 0.3) is 0 Å². The van der Waals surface area contributed by atoms with Crippen LogP contribution >= 0.6 is 0 Å². The molecular formula is C19H19NO2. The first-order valence-corrected chi connectivity index (χ1v) is 8.01. The molecule has 0 spiro atoms. The maximum atomic E-state index is 12.2. The summed E-state index contributed by atoms with van der Waals surface area (Å²) in [6, 6.07) is 11.6. The molecule has 0 aliphatic heterocycles. The predicted molar refractivity (Wildman–Crippen MR) is 86.6 cm³/mol. The molecule has 3 nitrogen and oxygen atoms in total. The van der Waals surface area contributed by atoms with E-state index in [4.69, 9.17) is 4.74 Å². The molecule has 4 rings (SSSR count). The molecular weight excluding hydrogens is 274 g/mol. The quantitative estimate of drug-likeness (QED) is 0.897. The lowest BCUT2D eigenvalue weighted by Gasteiger charge is -2.16. The van der Waals surface area contributed by atoms with Crippen LogP contribution in [0, 0.1) is 0 Å². The smallest absolute Gasteiger partial charge is 0.410 e. The Morgan fingerprint density at radius 3 is 2.18 bits per heavy atom. The molecule has 0 aromatic heterocycles. The van der Waals surface area contributed by atoms with E-state index in [1.54, 1.807) is 12.1 Å². The highest BCUT2D eigenvalue weighted by Crippen LogP contribution is 2.38. The monoisotopic (exact) mass is 293 g/mol. The standard InChI is InChI=1S/C19H19NO2/c21-19(22-15-8-2-1-3-9-15)20-18-16-10-4-6-13(16)12-14-7-5-11-17(14)18/h1-3,8-9,12H,4-7,10-11H2,(H,20,21). The maximum absolute atomic E-state index is 12.2. The lowest BCUT2D eigenvalue weighted by atomic mass is 9.99. The Kier molecular flexibility index (Phi) is 3.34. The highest BCUT2D eigenvalue weighted by molar-refractivity contribution is 5.89. The van der Waals surface area contributed by atoms with Gasteiger partial charge in [-0.1, -0.05) is 24.3 Å². The first kappa shape index (κ1) is 13.4. The van der Waals surface area contributed by atoms with Crippen molar-refractivity contribution in [2.45, 2.75) is 38.5 Å². The van der Waals surface area contributed by atoms with E-state index in [2.05, 4.69) is 11.4 Å².